The van der Waals surface area contributed by atoms with Gasteiger partial charge in [0.1, 0.15) is 5.75 Å². The molecule has 0 unspecified atom stereocenters. The van der Waals surface area contributed by atoms with Crippen molar-refractivity contribution in [3.8, 4) is 5.75 Å². The van der Waals surface area contributed by atoms with Crippen LogP contribution in [0, 0.1) is 6.92 Å². The van der Waals surface area contributed by atoms with Gasteiger partial charge in [0.05, 0.1) is 7.11 Å². The van der Waals surface area contributed by atoms with Gasteiger partial charge in [-0.2, -0.15) is 13.2 Å². The van der Waals surface area contributed by atoms with E-state index >= 15 is 0 Å². The average Bonchev–Trinajstić information content (AvgIpc) is 3.16. The number of anilines is 1. The molecule has 0 spiro atoms. The molecule has 0 aliphatic heterocycles. The summed E-state index contributed by atoms with van der Waals surface area (Å²) in [6.45, 7) is 1.72. The second kappa shape index (κ2) is 9.72. The predicted octanol–water partition coefficient (Wildman–Crippen LogP) is 5.15. The van der Waals surface area contributed by atoms with E-state index in [9.17, 15) is 22.8 Å². The number of methoxy groups -OCH3 is 1. The molecule has 168 valence electrons. The number of carbonyl (C=O) groups excluding carboxylic acids is 2. The number of nitrogens with one attached hydrogen (secondary N) is 1. The fourth-order valence-electron chi connectivity index (χ4n) is 3.83. The molecule has 0 saturated heterocycles. The first-order valence-electron chi connectivity index (χ1n) is 10.1. The Hall–Kier alpha value is -2.55. The topological polar surface area (TPSA) is 58.6 Å². The number of benzene rings is 1. The lowest BCUT2D eigenvalue weighted by molar-refractivity contribution is -0.171. The van der Waals surface area contributed by atoms with Crippen molar-refractivity contribution in [2.24, 2.45) is 0 Å². The number of hydrogen-bond acceptors (Lipinski definition) is 4. The zero-order valence-corrected chi connectivity index (χ0v) is 18.2. The van der Waals surface area contributed by atoms with Gasteiger partial charge in [-0.05, 0) is 48.9 Å². The van der Waals surface area contributed by atoms with E-state index in [0.29, 0.717) is 15.3 Å². The molecule has 0 radical (unpaired) electrons. The van der Waals surface area contributed by atoms with Crippen molar-refractivity contribution < 1.29 is 27.5 Å². The van der Waals surface area contributed by atoms with Gasteiger partial charge in [0.25, 0.3) is 0 Å². The summed E-state index contributed by atoms with van der Waals surface area (Å²) in [5.41, 5.74) is 0.593. The summed E-state index contributed by atoms with van der Waals surface area (Å²) in [7, 11) is 1.38. The SMILES string of the molecule is COc1cccc(N(C(=O)C(F)(F)F)[C@H](C(=O)NC2CCCCC2)c2sccc2C)c1. The average molecular weight is 455 g/mol. The number of ether oxygens (including phenoxy) is 1. The molecule has 5 nitrogen and oxygen atoms in total. The highest BCUT2D eigenvalue weighted by Gasteiger charge is 2.48. The lowest BCUT2D eigenvalue weighted by Crippen LogP contribution is -2.50. The van der Waals surface area contributed by atoms with Gasteiger partial charge in [-0.15, -0.1) is 11.3 Å². The summed E-state index contributed by atoms with van der Waals surface area (Å²) in [6, 6.07) is 5.92. The number of alkyl halides is 3. The molecule has 3 rings (SSSR count). The van der Waals surface area contributed by atoms with E-state index in [2.05, 4.69) is 5.32 Å². The van der Waals surface area contributed by atoms with E-state index in [1.54, 1.807) is 24.4 Å². The van der Waals surface area contributed by atoms with Gasteiger partial charge in [-0.1, -0.05) is 25.3 Å². The van der Waals surface area contributed by atoms with Crippen LogP contribution in [0.5, 0.6) is 5.75 Å². The molecule has 1 saturated carbocycles. The highest BCUT2D eigenvalue weighted by molar-refractivity contribution is 7.10. The Morgan fingerprint density at radius 2 is 1.90 bits per heavy atom. The largest absolute Gasteiger partial charge is 0.497 e. The van der Waals surface area contributed by atoms with Crippen molar-refractivity contribution in [2.45, 2.75) is 57.3 Å². The van der Waals surface area contributed by atoms with Crippen molar-refractivity contribution in [1.29, 1.82) is 0 Å². The lowest BCUT2D eigenvalue weighted by atomic mass is 9.95. The third-order valence-corrected chi connectivity index (χ3v) is 6.47. The Kier molecular flexibility index (Phi) is 7.25. The highest BCUT2D eigenvalue weighted by Crippen LogP contribution is 2.37. The lowest BCUT2D eigenvalue weighted by Gasteiger charge is -2.33. The van der Waals surface area contributed by atoms with Gasteiger partial charge in [-0.3, -0.25) is 14.5 Å². The molecule has 1 heterocycles. The number of thiophene rings is 1. The van der Waals surface area contributed by atoms with Crippen LogP contribution in [0.15, 0.2) is 35.7 Å². The minimum Gasteiger partial charge on any atom is -0.497 e. The van der Waals surface area contributed by atoms with Gasteiger partial charge < -0.3 is 10.1 Å². The first-order valence-corrected chi connectivity index (χ1v) is 11.0. The molecular weight excluding hydrogens is 429 g/mol. The van der Waals surface area contributed by atoms with Gasteiger partial charge in [0, 0.05) is 22.7 Å². The van der Waals surface area contributed by atoms with Crippen LogP contribution in [0.4, 0.5) is 18.9 Å². The van der Waals surface area contributed by atoms with Crippen LogP contribution in [0.25, 0.3) is 0 Å². The van der Waals surface area contributed by atoms with Gasteiger partial charge >= 0.3 is 12.1 Å². The molecule has 1 aromatic carbocycles. The molecule has 2 amide bonds. The van der Waals surface area contributed by atoms with Crippen LogP contribution >= 0.6 is 11.3 Å². The molecule has 1 atom stereocenters. The van der Waals surface area contributed by atoms with E-state index in [1.165, 1.54) is 25.3 Å². The summed E-state index contributed by atoms with van der Waals surface area (Å²) < 4.78 is 46.1. The number of hydrogen-bond donors (Lipinski definition) is 1. The van der Waals surface area contributed by atoms with E-state index < -0.39 is 24.0 Å². The molecular formula is C22H25F3N2O3S. The van der Waals surface area contributed by atoms with E-state index in [1.807, 2.05) is 0 Å². The Labute approximate surface area is 183 Å². The van der Waals surface area contributed by atoms with Crippen LogP contribution in [0.3, 0.4) is 0 Å². The fraction of sp³-hybridized carbons (Fsp3) is 0.455. The van der Waals surface area contributed by atoms with Crippen molar-refractivity contribution in [3.63, 3.8) is 0 Å². The molecule has 1 aliphatic rings. The summed E-state index contributed by atoms with van der Waals surface area (Å²) in [5, 5.41) is 4.60. The number of halogens is 3. The number of nitrogens with zero attached hydrogens (tertiary/aromatic N) is 1. The highest BCUT2D eigenvalue weighted by atomic mass is 32.1. The number of amides is 2. The van der Waals surface area contributed by atoms with Crippen molar-refractivity contribution in [1.82, 2.24) is 5.32 Å². The minimum atomic E-state index is -5.16. The standard InChI is InChI=1S/C22H25F3N2O3S/c1-14-11-12-31-19(14)18(20(28)26-15-7-4-3-5-8-15)27(21(29)22(23,24)25)16-9-6-10-17(13-16)30-2/h6,9-13,15,18H,3-5,7-8H2,1-2H3,(H,26,28)/t18-/m0/s1. The van der Waals surface area contributed by atoms with Gasteiger partial charge in [0.2, 0.25) is 5.91 Å². The first kappa shape index (κ1) is 23.1. The van der Waals surface area contributed by atoms with Gasteiger partial charge in [0.15, 0.2) is 6.04 Å². The Bertz CT molecular complexity index is 923. The van der Waals surface area contributed by atoms with Crippen LogP contribution < -0.4 is 15.0 Å². The summed E-state index contributed by atoms with van der Waals surface area (Å²) in [4.78, 5) is 26.9. The fourth-order valence-corrected chi connectivity index (χ4v) is 4.84. The molecule has 9 heteroatoms. The summed E-state index contributed by atoms with van der Waals surface area (Å²) in [6.07, 6.45) is -0.633. The number of rotatable bonds is 6. The van der Waals surface area contributed by atoms with Crippen LogP contribution in [0.2, 0.25) is 0 Å². The van der Waals surface area contributed by atoms with Crippen LogP contribution in [-0.2, 0) is 9.59 Å². The van der Waals surface area contributed by atoms with Crippen molar-refractivity contribution in [2.75, 3.05) is 12.0 Å². The third-order valence-electron chi connectivity index (χ3n) is 5.40. The maximum absolute atomic E-state index is 13.6. The first-order chi connectivity index (χ1) is 14.7. The summed E-state index contributed by atoms with van der Waals surface area (Å²) >= 11 is 1.16. The van der Waals surface area contributed by atoms with E-state index in [-0.39, 0.29) is 17.5 Å². The van der Waals surface area contributed by atoms with Crippen molar-refractivity contribution in [3.05, 3.63) is 46.2 Å². The maximum atomic E-state index is 13.6. The van der Waals surface area contributed by atoms with Gasteiger partial charge in [-0.25, -0.2) is 0 Å². The normalized spacial score (nSPS) is 15.9. The molecule has 0 bridgehead atoms. The third kappa shape index (κ3) is 5.39. The quantitative estimate of drug-likeness (QED) is 0.657. The zero-order chi connectivity index (χ0) is 22.6. The molecule has 1 aliphatic carbocycles. The monoisotopic (exact) mass is 454 g/mol. The molecule has 1 fully saturated rings. The van der Waals surface area contributed by atoms with Crippen LogP contribution in [0.1, 0.15) is 48.6 Å². The predicted molar refractivity (Wildman–Crippen MR) is 113 cm³/mol. The van der Waals surface area contributed by atoms with E-state index in [0.717, 1.165) is 43.4 Å². The van der Waals surface area contributed by atoms with Crippen molar-refractivity contribution >= 4 is 28.8 Å². The molecule has 31 heavy (non-hydrogen) atoms. The number of carbonyl (C=O) groups is 2. The maximum Gasteiger partial charge on any atom is 0.471 e. The number of aryl methyl sites for hydroxylation is 1. The Morgan fingerprint density at radius 3 is 2.48 bits per heavy atom. The molecule has 1 aromatic heterocycles. The molecule has 1 N–H and O–H groups in total. The minimum absolute atomic E-state index is 0.0572. The second-order valence-corrected chi connectivity index (χ2v) is 8.54. The van der Waals surface area contributed by atoms with E-state index in [4.69, 9.17) is 4.74 Å². The summed E-state index contributed by atoms with van der Waals surface area (Å²) in [5.74, 6) is -2.43. The second-order valence-electron chi connectivity index (χ2n) is 7.59. The smallest absolute Gasteiger partial charge is 0.471 e. The van der Waals surface area contributed by atoms with Crippen LogP contribution in [-0.4, -0.2) is 31.1 Å². The zero-order valence-electron chi connectivity index (χ0n) is 17.4. The molecule has 2 aromatic rings. The Morgan fingerprint density at radius 1 is 1.19 bits per heavy atom. The Balaban J connectivity index is 2.08.